The highest BCUT2D eigenvalue weighted by molar-refractivity contribution is 6.33. The molecule has 0 spiro atoms. The first kappa shape index (κ1) is 30.3. The van der Waals surface area contributed by atoms with Crippen LogP contribution in [0.5, 0.6) is 11.5 Å². The Kier molecular flexibility index (Phi) is 10.5. The molecular weight excluding hydrogens is 556 g/mol. The molecule has 0 aliphatic rings. The van der Waals surface area contributed by atoms with E-state index in [9.17, 15) is 24.8 Å². The number of nitro groups is 1. The molecule has 0 atom stereocenters. The summed E-state index contributed by atoms with van der Waals surface area (Å²) in [5.74, 6) is -1.00. The number of hydrogen-bond donors (Lipinski definition) is 2. The van der Waals surface area contributed by atoms with Crippen molar-refractivity contribution in [3.63, 3.8) is 0 Å². The van der Waals surface area contributed by atoms with E-state index in [1.165, 1.54) is 44.4 Å². The Labute approximate surface area is 239 Å². The number of phenols is 1. The average Bonchev–Trinajstić information content (AvgIpc) is 2.94. The Hall–Kier alpha value is -5.22. The maximum Gasteiger partial charge on any atom is 0.341 e. The van der Waals surface area contributed by atoms with Crippen molar-refractivity contribution in [1.29, 1.82) is 5.26 Å². The van der Waals surface area contributed by atoms with Crippen LogP contribution in [0.15, 0.2) is 64.8 Å². The van der Waals surface area contributed by atoms with Crippen LogP contribution in [0.4, 0.5) is 28.4 Å². The van der Waals surface area contributed by atoms with Crippen LogP contribution in [0.3, 0.4) is 0 Å². The van der Waals surface area contributed by atoms with E-state index in [1.807, 2.05) is 0 Å². The zero-order chi connectivity index (χ0) is 29.9. The Morgan fingerprint density at radius 3 is 2.49 bits per heavy atom. The highest BCUT2D eigenvalue weighted by atomic mass is 35.5. The standard InChI is InChI=1S/C27H25ClN6O7/c1-17(35)30-25-15-18(4-9-24(25)32-31-23-8-5-19(34(38)39)14-22(23)28)33(11-3-10-29)12-13-41-27(37)21-7-6-20(40-2)16-26(21)36/h4-9,14-16,36H,3,11-13H2,1-2H3,(H,30,35). The molecule has 41 heavy (non-hydrogen) atoms. The molecule has 3 rings (SSSR count). The molecule has 3 aromatic rings. The molecule has 2 N–H and O–H groups in total. The SMILES string of the molecule is COc1ccc(C(=O)OCCN(CCC#N)c2ccc(N=Nc3ccc([N+](=O)[O-])cc3Cl)c(NC(C)=O)c2)c(O)c1. The summed E-state index contributed by atoms with van der Waals surface area (Å²) in [5.41, 5.74) is 1.15. The predicted octanol–water partition coefficient (Wildman–Crippen LogP) is 5.91. The smallest absolute Gasteiger partial charge is 0.341 e. The number of nitro benzene ring substituents is 1. The van der Waals surface area contributed by atoms with Crippen LogP contribution in [-0.2, 0) is 9.53 Å². The average molecular weight is 581 g/mol. The number of aromatic hydroxyl groups is 1. The molecule has 0 aromatic heterocycles. The molecule has 0 aliphatic carbocycles. The number of halogens is 1. The van der Waals surface area contributed by atoms with E-state index in [0.717, 1.165) is 6.07 Å². The summed E-state index contributed by atoms with van der Waals surface area (Å²) in [7, 11) is 1.43. The lowest BCUT2D eigenvalue weighted by Gasteiger charge is -2.24. The third kappa shape index (κ3) is 8.38. The van der Waals surface area contributed by atoms with Crippen molar-refractivity contribution >= 4 is 51.9 Å². The normalized spacial score (nSPS) is 10.6. The number of hydrogen-bond acceptors (Lipinski definition) is 11. The van der Waals surface area contributed by atoms with Crippen LogP contribution >= 0.6 is 11.6 Å². The third-order valence-electron chi connectivity index (χ3n) is 5.58. The fourth-order valence-electron chi connectivity index (χ4n) is 3.59. The van der Waals surface area contributed by atoms with Crippen LogP contribution in [0, 0.1) is 21.4 Å². The molecule has 0 heterocycles. The van der Waals surface area contributed by atoms with Crippen LogP contribution in [0.25, 0.3) is 0 Å². The van der Waals surface area contributed by atoms with Gasteiger partial charge in [-0.25, -0.2) is 4.79 Å². The molecule has 1 amide bonds. The van der Waals surface area contributed by atoms with E-state index < -0.39 is 10.9 Å². The van der Waals surface area contributed by atoms with Gasteiger partial charge >= 0.3 is 5.97 Å². The fourth-order valence-corrected chi connectivity index (χ4v) is 3.80. The summed E-state index contributed by atoms with van der Waals surface area (Å²) in [6.07, 6.45) is 0.169. The second kappa shape index (κ2) is 14.2. The molecule has 0 saturated carbocycles. The zero-order valence-corrected chi connectivity index (χ0v) is 22.8. The first-order valence-corrected chi connectivity index (χ1v) is 12.4. The first-order valence-electron chi connectivity index (χ1n) is 12.1. The van der Waals surface area contributed by atoms with E-state index in [-0.39, 0.29) is 58.9 Å². The molecule has 0 aliphatic heterocycles. The summed E-state index contributed by atoms with van der Waals surface area (Å²) >= 11 is 6.09. The number of benzene rings is 3. The molecule has 14 heteroatoms. The van der Waals surface area contributed by atoms with Gasteiger partial charge in [0.05, 0.1) is 41.8 Å². The molecule has 0 fully saturated rings. The van der Waals surface area contributed by atoms with Gasteiger partial charge in [0.2, 0.25) is 5.91 Å². The number of carbonyl (C=O) groups is 2. The number of phenolic OH excluding ortho intramolecular Hbond substituents is 1. The molecular formula is C27H25ClN6O7. The van der Waals surface area contributed by atoms with E-state index in [2.05, 4.69) is 21.6 Å². The van der Waals surface area contributed by atoms with Gasteiger partial charge in [-0.15, -0.1) is 10.2 Å². The molecule has 0 radical (unpaired) electrons. The Balaban J connectivity index is 1.80. The number of nitriles is 1. The van der Waals surface area contributed by atoms with Gasteiger partial charge in [-0.1, -0.05) is 11.6 Å². The highest BCUT2D eigenvalue weighted by Gasteiger charge is 2.16. The number of amides is 1. The van der Waals surface area contributed by atoms with Gasteiger partial charge in [0.1, 0.15) is 35.0 Å². The second-order valence-electron chi connectivity index (χ2n) is 8.39. The van der Waals surface area contributed by atoms with Crippen molar-refractivity contribution in [2.75, 3.05) is 37.0 Å². The number of rotatable bonds is 12. The fraction of sp³-hybridized carbons (Fsp3) is 0.222. The maximum absolute atomic E-state index is 12.5. The Bertz CT molecular complexity index is 1520. The quantitative estimate of drug-likeness (QED) is 0.114. The summed E-state index contributed by atoms with van der Waals surface area (Å²) in [6, 6.07) is 14.9. The zero-order valence-electron chi connectivity index (χ0n) is 22.0. The number of carbonyl (C=O) groups excluding carboxylic acids is 2. The predicted molar refractivity (Wildman–Crippen MR) is 150 cm³/mol. The molecule has 0 saturated heterocycles. The van der Waals surface area contributed by atoms with Crippen molar-refractivity contribution in [1.82, 2.24) is 0 Å². The van der Waals surface area contributed by atoms with Crippen LogP contribution in [0.2, 0.25) is 5.02 Å². The minimum Gasteiger partial charge on any atom is -0.507 e. The number of non-ortho nitro benzene ring substituents is 1. The van der Waals surface area contributed by atoms with Crippen molar-refractivity contribution < 1.29 is 29.1 Å². The maximum atomic E-state index is 12.5. The van der Waals surface area contributed by atoms with Crippen molar-refractivity contribution in [2.45, 2.75) is 13.3 Å². The monoisotopic (exact) mass is 580 g/mol. The van der Waals surface area contributed by atoms with Gasteiger partial charge in [-0.2, -0.15) is 5.26 Å². The molecule has 0 bridgehead atoms. The van der Waals surface area contributed by atoms with E-state index in [0.29, 0.717) is 23.7 Å². The molecule has 3 aromatic carbocycles. The molecule has 0 unspecified atom stereocenters. The molecule has 13 nitrogen and oxygen atoms in total. The summed E-state index contributed by atoms with van der Waals surface area (Å²) in [6.45, 7) is 1.75. The third-order valence-corrected chi connectivity index (χ3v) is 5.88. The first-order chi connectivity index (χ1) is 19.6. The van der Waals surface area contributed by atoms with Crippen LogP contribution in [-0.4, -0.2) is 48.7 Å². The topological polar surface area (TPSA) is 180 Å². The minimum absolute atomic E-state index is 0.0230. The minimum atomic E-state index is -0.731. The van der Waals surface area contributed by atoms with Gasteiger partial charge < -0.3 is 24.8 Å². The number of methoxy groups -OCH3 is 1. The van der Waals surface area contributed by atoms with Crippen molar-refractivity contribution in [2.24, 2.45) is 10.2 Å². The summed E-state index contributed by atoms with van der Waals surface area (Å²) < 4.78 is 10.3. The number of nitrogens with zero attached hydrogens (tertiary/aromatic N) is 5. The van der Waals surface area contributed by atoms with Crippen molar-refractivity contribution in [3.8, 4) is 17.6 Å². The number of azo groups is 1. The lowest BCUT2D eigenvalue weighted by molar-refractivity contribution is -0.384. The number of nitrogens with one attached hydrogen (secondary N) is 1. The van der Waals surface area contributed by atoms with Gasteiger partial charge in [-0.3, -0.25) is 14.9 Å². The molecule has 212 valence electrons. The van der Waals surface area contributed by atoms with E-state index >= 15 is 0 Å². The van der Waals surface area contributed by atoms with Gasteiger partial charge in [0.15, 0.2) is 0 Å². The van der Waals surface area contributed by atoms with Crippen LogP contribution < -0.4 is 15.0 Å². The van der Waals surface area contributed by atoms with Crippen LogP contribution in [0.1, 0.15) is 23.7 Å². The van der Waals surface area contributed by atoms with Gasteiger partial charge in [0, 0.05) is 37.4 Å². The lowest BCUT2D eigenvalue weighted by Crippen LogP contribution is -2.29. The number of esters is 1. The number of anilines is 2. The van der Waals surface area contributed by atoms with Crippen molar-refractivity contribution in [3.05, 3.63) is 75.3 Å². The number of ether oxygens (including phenoxy) is 2. The second-order valence-corrected chi connectivity index (χ2v) is 8.80. The van der Waals surface area contributed by atoms with E-state index in [1.54, 1.807) is 23.1 Å². The van der Waals surface area contributed by atoms with Gasteiger partial charge in [-0.05, 0) is 36.4 Å². The lowest BCUT2D eigenvalue weighted by atomic mass is 10.2. The van der Waals surface area contributed by atoms with E-state index in [4.69, 9.17) is 26.3 Å². The summed E-state index contributed by atoms with van der Waals surface area (Å²) in [4.78, 5) is 36.5. The van der Waals surface area contributed by atoms with Gasteiger partial charge in [0.25, 0.3) is 5.69 Å². The largest absolute Gasteiger partial charge is 0.507 e. The summed E-state index contributed by atoms with van der Waals surface area (Å²) in [5, 5.41) is 41.1. The highest BCUT2D eigenvalue weighted by Crippen LogP contribution is 2.34. The Morgan fingerprint density at radius 2 is 1.85 bits per heavy atom. The Morgan fingerprint density at radius 1 is 1.12 bits per heavy atom.